The maximum absolute atomic E-state index is 8.91. The molecule has 0 saturated carbocycles. The minimum atomic E-state index is -0.378. The molecule has 0 aromatic rings. The fourth-order valence-electron chi connectivity index (χ4n) is 0.515. The molecular formula is C6H15N2O. The number of aliphatic hydroxyl groups excluding tert-OH is 1. The molecule has 0 rings (SSSR count). The van der Waals surface area contributed by atoms with Crippen molar-refractivity contribution in [1.29, 1.82) is 0 Å². The zero-order chi connectivity index (χ0) is 7.28. The van der Waals surface area contributed by atoms with Gasteiger partial charge in [-0.25, -0.2) is 0 Å². The van der Waals surface area contributed by atoms with Crippen molar-refractivity contribution in [2.24, 2.45) is 0 Å². The standard InChI is InChI=1S/C6H15N2O/c1-6(9)8(2)5-3-4-7/h6-7,9H,3-5H2,1-2H3. The van der Waals surface area contributed by atoms with Crippen molar-refractivity contribution in [1.82, 2.24) is 10.6 Å². The van der Waals surface area contributed by atoms with Crippen molar-refractivity contribution in [2.75, 3.05) is 20.1 Å². The first kappa shape index (κ1) is 8.88. The van der Waals surface area contributed by atoms with Gasteiger partial charge in [0.1, 0.15) is 6.23 Å². The Hall–Kier alpha value is -0.120. The van der Waals surface area contributed by atoms with Gasteiger partial charge >= 0.3 is 0 Å². The molecule has 0 saturated heterocycles. The molecule has 0 spiro atoms. The summed E-state index contributed by atoms with van der Waals surface area (Å²) in [6.07, 6.45) is 0.457. The molecule has 0 bridgehead atoms. The predicted molar refractivity (Wildman–Crippen MR) is 36.9 cm³/mol. The van der Waals surface area contributed by atoms with Crippen LogP contribution < -0.4 is 5.73 Å². The summed E-state index contributed by atoms with van der Waals surface area (Å²) in [5.74, 6) is 0. The van der Waals surface area contributed by atoms with Crippen LogP contribution in [-0.2, 0) is 0 Å². The van der Waals surface area contributed by atoms with Gasteiger partial charge in [0.2, 0.25) is 0 Å². The van der Waals surface area contributed by atoms with Gasteiger partial charge in [0.25, 0.3) is 0 Å². The average molecular weight is 131 g/mol. The van der Waals surface area contributed by atoms with Crippen LogP contribution in [0, 0.1) is 0 Å². The van der Waals surface area contributed by atoms with E-state index in [4.69, 9.17) is 10.8 Å². The molecule has 0 fully saturated rings. The topological polar surface area (TPSA) is 47.3 Å². The van der Waals surface area contributed by atoms with Crippen LogP contribution in [0.15, 0.2) is 0 Å². The fraction of sp³-hybridized carbons (Fsp3) is 1.00. The van der Waals surface area contributed by atoms with Crippen molar-refractivity contribution in [2.45, 2.75) is 19.6 Å². The lowest BCUT2D eigenvalue weighted by atomic mass is 10.4. The molecule has 0 aliphatic carbocycles. The Bertz CT molecular complexity index is 66.1. The van der Waals surface area contributed by atoms with Gasteiger partial charge in [-0.3, -0.25) is 10.6 Å². The number of nitrogens with zero attached hydrogens (tertiary/aromatic N) is 1. The maximum atomic E-state index is 8.91. The van der Waals surface area contributed by atoms with Crippen LogP contribution in [0.4, 0.5) is 0 Å². The van der Waals surface area contributed by atoms with Crippen molar-refractivity contribution in [3.05, 3.63) is 0 Å². The molecule has 0 aliphatic rings. The van der Waals surface area contributed by atoms with E-state index in [0.29, 0.717) is 6.54 Å². The summed E-state index contributed by atoms with van der Waals surface area (Å²) in [5, 5.41) is 8.91. The van der Waals surface area contributed by atoms with Gasteiger partial charge in [-0.1, -0.05) is 0 Å². The molecule has 3 nitrogen and oxygen atoms in total. The Morgan fingerprint density at radius 3 is 2.56 bits per heavy atom. The third-order valence-electron chi connectivity index (χ3n) is 1.33. The lowest BCUT2D eigenvalue weighted by molar-refractivity contribution is 0.0382. The van der Waals surface area contributed by atoms with Gasteiger partial charge in [-0.2, -0.15) is 0 Å². The van der Waals surface area contributed by atoms with Gasteiger partial charge in [0.15, 0.2) is 0 Å². The number of hydrogen-bond acceptors (Lipinski definition) is 2. The molecular weight excluding hydrogens is 116 g/mol. The number of rotatable bonds is 4. The lowest BCUT2D eigenvalue weighted by Gasteiger charge is -2.18. The van der Waals surface area contributed by atoms with Gasteiger partial charge < -0.3 is 5.11 Å². The Morgan fingerprint density at radius 2 is 2.22 bits per heavy atom. The molecule has 2 N–H and O–H groups in total. The van der Waals surface area contributed by atoms with E-state index in [9.17, 15) is 0 Å². The summed E-state index contributed by atoms with van der Waals surface area (Å²) in [6.45, 7) is 2.97. The SMILES string of the molecule is CC(O)N(C)CCC[NH]. The third-order valence-corrected chi connectivity index (χ3v) is 1.33. The van der Waals surface area contributed by atoms with E-state index < -0.39 is 0 Å². The maximum Gasteiger partial charge on any atom is 0.104 e. The minimum Gasteiger partial charge on any atom is -0.379 e. The summed E-state index contributed by atoms with van der Waals surface area (Å²) in [7, 11) is 1.85. The monoisotopic (exact) mass is 131 g/mol. The van der Waals surface area contributed by atoms with E-state index >= 15 is 0 Å². The molecule has 55 valence electrons. The normalized spacial score (nSPS) is 14.3. The highest BCUT2D eigenvalue weighted by molar-refractivity contribution is 4.50. The molecule has 1 unspecified atom stereocenters. The zero-order valence-electron chi connectivity index (χ0n) is 6.09. The number of nitrogens with one attached hydrogen (secondary N) is 1. The van der Waals surface area contributed by atoms with Crippen molar-refractivity contribution < 1.29 is 5.11 Å². The second-order valence-corrected chi connectivity index (χ2v) is 2.22. The Balaban J connectivity index is 3.16. The van der Waals surface area contributed by atoms with Crippen molar-refractivity contribution in [3.63, 3.8) is 0 Å². The van der Waals surface area contributed by atoms with E-state index in [1.807, 2.05) is 11.9 Å². The molecule has 3 heteroatoms. The highest BCUT2D eigenvalue weighted by Gasteiger charge is 2.01. The molecule has 0 amide bonds. The van der Waals surface area contributed by atoms with Crippen LogP contribution >= 0.6 is 0 Å². The average Bonchev–Trinajstić information content (AvgIpc) is 1.82. The Kier molecular flexibility index (Phi) is 4.67. The first-order valence-corrected chi connectivity index (χ1v) is 3.21. The molecule has 0 heterocycles. The van der Waals surface area contributed by atoms with Crippen LogP contribution in [-0.4, -0.2) is 36.4 Å². The second-order valence-electron chi connectivity index (χ2n) is 2.22. The van der Waals surface area contributed by atoms with Gasteiger partial charge in [-0.15, -0.1) is 0 Å². The summed E-state index contributed by atoms with van der Waals surface area (Å²) in [6, 6.07) is 0. The molecule has 0 aromatic carbocycles. The minimum absolute atomic E-state index is 0.378. The number of aliphatic hydroxyl groups is 1. The summed E-state index contributed by atoms with van der Waals surface area (Å²) in [5.41, 5.74) is 6.83. The Labute approximate surface area is 56.5 Å². The zero-order valence-corrected chi connectivity index (χ0v) is 6.09. The van der Waals surface area contributed by atoms with Crippen LogP contribution in [0.25, 0.3) is 0 Å². The number of hydrogen-bond donors (Lipinski definition) is 1. The smallest absolute Gasteiger partial charge is 0.104 e. The summed E-state index contributed by atoms with van der Waals surface area (Å²) >= 11 is 0. The molecule has 1 atom stereocenters. The first-order chi connectivity index (χ1) is 4.18. The van der Waals surface area contributed by atoms with E-state index in [1.165, 1.54) is 0 Å². The molecule has 9 heavy (non-hydrogen) atoms. The van der Waals surface area contributed by atoms with Gasteiger partial charge in [0, 0.05) is 13.1 Å². The van der Waals surface area contributed by atoms with Crippen molar-refractivity contribution in [3.8, 4) is 0 Å². The van der Waals surface area contributed by atoms with Crippen LogP contribution in [0.1, 0.15) is 13.3 Å². The van der Waals surface area contributed by atoms with Gasteiger partial charge in [-0.05, 0) is 20.4 Å². The van der Waals surface area contributed by atoms with E-state index in [0.717, 1.165) is 13.0 Å². The van der Waals surface area contributed by atoms with Crippen LogP contribution in [0.2, 0.25) is 0 Å². The van der Waals surface area contributed by atoms with Crippen LogP contribution in [0.3, 0.4) is 0 Å². The third kappa shape index (κ3) is 4.39. The molecule has 0 aromatic heterocycles. The van der Waals surface area contributed by atoms with E-state index in [1.54, 1.807) is 6.92 Å². The van der Waals surface area contributed by atoms with Crippen molar-refractivity contribution >= 4 is 0 Å². The highest BCUT2D eigenvalue weighted by Crippen LogP contribution is 1.90. The lowest BCUT2D eigenvalue weighted by Crippen LogP contribution is -2.29. The quantitative estimate of drug-likeness (QED) is 0.543. The first-order valence-electron chi connectivity index (χ1n) is 3.21. The Morgan fingerprint density at radius 1 is 1.67 bits per heavy atom. The predicted octanol–water partition coefficient (Wildman–Crippen LogP) is -0.0705. The summed E-state index contributed by atoms with van der Waals surface area (Å²) in [4.78, 5) is 1.81. The highest BCUT2D eigenvalue weighted by atomic mass is 16.3. The summed E-state index contributed by atoms with van der Waals surface area (Å²) < 4.78 is 0. The molecule has 1 radical (unpaired) electrons. The fourth-order valence-corrected chi connectivity index (χ4v) is 0.515. The van der Waals surface area contributed by atoms with Crippen LogP contribution in [0.5, 0.6) is 0 Å². The second kappa shape index (κ2) is 4.73. The van der Waals surface area contributed by atoms with Gasteiger partial charge in [0.05, 0.1) is 0 Å². The molecule has 0 aliphatic heterocycles. The largest absolute Gasteiger partial charge is 0.379 e. The van der Waals surface area contributed by atoms with E-state index in [2.05, 4.69) is 0 Å². The van der Waals surface area contributed by atoms with E-state index in [-0.39, 0.29) is 6.23 Å².